The molecular formula is C80H153NO5. The van der Waals surface area contributed by atoms with Gasteiger partial charge in [-0.2, -0.15) is 0 Å². The van der Waals surface area contributed by atoms with Crippen LogP contribution in [0.25, 0.3) is 0 Å². The molecule has 0 saturated carbocycles. The molecule has 0 aliphatic heterocycles. The normalized spacial score (nSPS) is 12.7. The van der Waals surface area contributed by atoms with Crippen molar-refractivity contribution in [1.82, 2.24) is 5.32 Å². The molecular weight excluding hydrogens is 1050 g/mol. The number of nitrogens with one attached hydrogen (secondary N) is 1. The van der Waals surface area contributed by atoms with Crippen LogP contribution in [0.4, 0.5) is 0 Å². The molecule has 3 N–H and O–H groups in total. The first-order valence-electron chi connectivity index (χ1n) is 39.3. The Morgan fingerprint density at radius 3 is 0.930 bits per heavy atom. The predicted octanol–water partition coefficient (Wildman–Crippen LogP) is 25.8. The highest BCUT2D eigenvalue weighted by atomic mass is 16.5. The summed E-state index contributed by atoms with van der Waals surface area (Å²) >= 11 is 0. The van der Waals surface area contributed by atoms with Crippen molar-refractivity contribution in [2.75, 3.05) is 13.2 Å². The van der Waals surface area contributed by atoms with Crippen LogP contribution in [0.2, 0.25) is 0 Å². The molecule has 1 amide bonds. The van der Waals surface area contributed by atoms with Gasteiger partial charge in [-0.3, -0.25) is 9.59 Å². The van der Waals surface area contributed by atoms with Crippen LogP contribution < -0.4 is 5.32 Å². The summed E-state index contributed by atoms with van der Waals surface area (Å²) in [6, 6.07) is -0.626. The fourth-order valence-corrected chi connectivity index (χ4v) is 12.4. The molecule has 0 rings (SSSR count). The van der Waals surface area contributed by atoms with Crippen molar-refractivity contribution < 1.29 is 24.5 Å². The van der Waals surface area contributed by atoms with Gasteiger partial charge in [0.1, 0.15) is 0 Å². The Kier molecular flexibility index (Phi) is 73.9. The first kappa shape index (κ1) is 84.1. The first-order chi connectivity index (χ1) is 42.5. The number of rotatable bonds is 74. The number of aliphatic hydroxyl groups is 2. The fraction of sp³-hybridized carbons (Fsp3) is 0.900. The summed E-state index contributed by atoms with van der Waals surface area (Å²) in [7, 11) is 0. The van der Waals surface area contributed by atoms with Gasteiger partial charge in [0.15, 0.2) is 0 Å². The molecule has 0 radical (unpaired) electrons. The van der Waals surface area contributed by atoms with E-state index in [1.807, 2.05) is 6.08 Å². The van der Waals surface area contributed by atoms with Gasteiger partial charge < -0.3 is 20.3 Å². The van der Waals surface area contributed by atoms with E-state index < -0.39 is 12.1 Å². The number of hydrogen-bond donors (Lipinski definition) is 3. The van der Waals surface area contributed by atoms with Crippen LogP contribution in [0.15, 0.2) is 36.5 Å². The van der Waals surface area contributed by atoms with Gasteiger partial charge >= 0.3 is 5.97 Å². The van der Waals surface area contributed by atoms with E-state index in [2.05, 4.69) is 43.5 Å². The Balaban J connectivity index is 3.35. The van der Waals surface area contributed by atoms with Gasteiger partial charge in [-0.25, -0.2) is 0 Å². The van der Waals surface area contributed by atoms with Gasteiger partial charge in [0.2, 0.25) is 5.91 Å². The summed E-state index contributed by atoms with van der Waals surface area (Å²) in [5.74, 6) is -0.0518. The zero-order chi connectivity index (χ0) is 62.0. The number of ether oxygens (including phenoxy) is 1. The lowest BCUT2D eigenvalue weighted by atomic mass is 10.0. The molecule has 0 aromatic heterocycles. The van der Waals surface area contributed by atoms with Gasteiger partial charge in [0.05, 0.1) is 25.4 Å². The highest BCUT2D eigenvalue weighted by Gasteiger charge is 2.18. The minimum Gasteiger partial charge on any atom is -0.466 e. The van der Waals surface area contributed by atoms with Gasteiger partial charge in [-0.1, -0.05) is 403 Å². The Morgan fingerprint density at radius 2 is 0.605 bits per heavy atom. The van der Waals surface area contributed by atoms with Gasteiger partial charge in [-0.15, -0.1) is 0 Å². The molecule has 508 valence electrons. The molecule has 0 spiro atoms. The van der Waals surface area contributed by atoms with Crippen molar-refractivity contribution in [3.05, 3.63) is 36.5 Å². The van der Waals surface area contributed by atoms with E-state index in [-0.39, 0.29) is 18.5 Å². The molecule has 0 aliphatic carbocycles. The van der Waals surface area contributed by atoms with E-state index in [4.69, 9.17) is 4.74 Å². The highest BCUT2D eigenvalue weighted by molar-refractivity contribution is 5.76. The van der Waals surface area contributed by atoms with Crippen LogP contribution in [-0.2, 0) is 14.3 Å². The lowest BCUT2D eigenvalue weighted by Gasteiger charge is -2.20. The Bertz CT molecular complexity index is 1390. The third kappa shape index (κ3) is 71.2. The second kappa shape index (κ2) is 75.5. The lowest BCUT2D eigenvalue weighted by Crippen LogP contribution is -2.45. The number of allylic oxidation sites excluding steroid dienone is 5. The largest absolute Gasteiger partial charge is 0.466 e. The maximum atomic E-state index is 12.6. The SMILES string of the molecule is CCC/C=C\C/C=C\CCCCCCCC(=O)OCCCCCCCCCCCCCCCCCCCCCCCCCCCCCCCCCCCC(=O)NC(CO)C(O)/C=C/CCCCCCCCCCCCCCCCCCCCCCC. The van der Waals surface area contributed by atoms with Crippen LogP contribution in [0.1, 0.15) is 438 Å². The van der Waals surface area contributed by atoms with Crippen molar-refractivity contribution in [2.24, 2.45) is 0 Å². The van der Waals surface area contributed by atoms with E-state index in [0.717, 1.165) is 51.4 Å². The molecule has 6 heteroatoms. The minimum atomic E-state index is -0.843. The molecule has 2 unspecified atom stereocenters. The predicted molar refractivity (Wildman–Crippen MR) is 379 cm³/mol. The summed E-state index contributed by atoms with van der Waals surface area (Å²) in [4.78, 5) is 24.6. The van der Waals surface area contributed by atoms with Crippen LogP contribution in [0, 0.1) is 0 Å². The maximum absolute atomic E-state index is 12.6. The second-order valence-corrected chi connectivity index (χ2v) is 27.0. The number of carbonyl (C=O) groups excluding carboxylic acids is 2. The molecule has 0 saturated heterocycles. The van der Waals surface area contributed by atoms with Gasteiger partial charge in [-0.05, 0) is 57.8 Å². The van der Waals surface area contributed by atoms with Crippen molar-refractivity contribution in [2.45, 2.75) is 450 Å². The molecule has 0 heterocycles. The first-order valence-corrected chi connectivity index (χ1v) is 39.3. The molecule has 0 bridgehead atoms. The van der Waals surface area contributed by atoms with E-state index in [0.29, 0.717) is 19.4 Å². The Labute approximate surface area is 538 Å². The molecule has 0 aliphatic rings. The second-order valence-electron chi connectivity index (χ2n) is 27.0. The van der Waals surface area contributed by atoms with E-state index >= 15 is 0 Å². The number of aliphatic hydroxyl groups excluding tert-OH is 2. The number of hydrogen-bond acceptors (Lipinski definition) is 5. The maximum Gasteiger partial charge on any atom is 0.305 e. The number of amides is 1. The number of esters is 1. The highest BCUT2D eigenvalue weighted by Crippen LogP contribution is 2.20. The molecule has 86 heavy (non-hydrogen) atoms. The topological polar surface area (TPSA) is 95.9 Å². The third-order valence-corrected chi connectivity index (χ3v) is 18.4. The summed E-state index contributed by atoms with van der Waals surface area (Å²) in [6.07, 6.45) is 98.4. The van der Waals surface area contributed by atoms with E-state index in [1.54, 1.807) is 6.08 Å². The Morgan fingerprint density at radius 1 is 0.326 bits per heavy atom. The fourth-order valence-electron chi connectivity index (χ4n) is 12.4. The van der Waals surface area contributed by atoms with Crippen molar-refractivity contribution in [1.29, 1.82) is 0 Å². The average molecular weight is 1210 g/mol. The monoisotopic (exact) mass is 1210 g/mol. The summed E-state index contributed by atoms with van der Waals surface area (Å²) < 4.78 is 5.48. The standard InChI is InChI=1S/C80H153NO5/c1-3-5-7-9-11-13-15-17-18-19-20-21-33-36-39-42-45-49-52-56-60-64-68-72-78(83)77(76-82)81-79(84)73-69-65-61-57-53-50-46-43-40-37-34-31-29-27-25-23-22-24-26-28-30-32-35-38-41-44-47-51-55-59-63-67-71-75-86-80(85)74-70-66-62-58-54-48-16-14-12-10-8-6-4-2/h8,10,14,16,68,72,77-78,82-83H,3-7,9,11-13,15,17-67,69-71,73-76H2,1-2H3,(H,81,84)/b10-8-,16-14-,72-68+. The molecule has 0 fully saturated rings. The minimum absolute atomic E-state index is 0.00659. The molecule has 2 atom stereocenters. The van der Waals surface area contributed by atoms with E-state index in [9.17, 15) is 19.8 Å². The quantitative estimate of drug-likeness (QED) is 0.0320. The van der Waals surface area contributed by atoms with Gasteiger partial charge in [0, 0.05) is 12.8 Å². The zero-order valence-corrected chi connectivity index (χ0v) is 58.3. The molecule has 6 nitrogen and oxygen atoms in total. The van der Waals surface area contributed by atoms with Crippen molar-refractivity contribution in [3.8, 4) is 0 Å². The summed E-state index contributed by atoms with van der Waals surface area (Å²) in [6.45, 7) is 4.88. The summed E-state index contributed by atoms with van der Waals surface area (Å²) in [5, 5.41) is 23.3. The molecule has 0 aromatic carbocycles. The third-order valence-electron chi connectivity index (χ3n) is 18.4. The molecule has 0 aromatic rings. The number of unbranched alkanes of at least 4 members (excludes halogenated alkanes) is 59. The summed E-state index contributed by atoms with van der Waals surface area (Å²) in [5.41, 5.74) is 0. The lowest BCUT2D eigenvalue weighted by molar-refractivity contribution is -0.143. The van der Waals surface area contributed by atoms with E-state index in [1.165, 1.54) is 360 Å². The zero-order valence-electron chi connectivity index (χ0n) is 58.3. The van der Waals surface area contributed by atoms with Crippen LogP contribution in [0.5, 0.6) is 0 Å². The number of carbonyl (C=O) groups is 2. The van der Waals surface area contributed by atoms with Crippen LogP contribution in [0.3, 0.4) is 0 Å². The smallest absolute Gasteiger partial charge is 0.305 e. The van der Waals surface area contributed by atoms with Crippen LogP contribution >= 0.6 is 0 Å². The average Bonchev–Trinajstić information content (AvgIpc) is 3.55. The van der Waals surface area contributed by atoms with Crippen molar-refractivity contribution in [3.63, 3.8) is 0 Å². The van der Waals surface area contributed by atoms with Crippen LogP contribution in [-0.4, -0.2) is 47.4 Å². The van der Waals surface area contributed by atoms with Gasteiger partial charge in [0.25, 0.3) is 0 Å². The Hall–Kier alpha value is -1.92. The van der Waals surface area contributed by atoms with Crippen molar-refractivity contribution >= 4 is 11.9 Å².